The Hall–Kier alpha value is -2.86. The molecule has 0 aliphatic heterocycles. The predicted molar refractivity (Wildman–Crippen MR) is 101 cm³/mol. The highest BCUT2D eigenvalue weighted by molar-refractivity contribution is 9.10. The molecule has 3 aromatic rings. The SMILES string of the molecule is COc1c(C(=O)Nc2ccccc2C(N)=O)cc2ccccc2c1Br. The summed E-state index contributed by atoms with van der Waals surface area (Å²) in [5.74, 6) is -0.577. The van der Waals surface area contributed by atoms with Crippen LogP contribution in [0, 0.1) is 0 Å². The van der Waals surface area contributed by atoms with Gasteiger partial charge in [-0.2, -0.15) is 0 Å². The molecule has 5 nitrogen and oxygen atoms in total. The highest BCUT2D eigenvalue weighted by Gasteiger charge is 2.19. The van der Waals surface area contributed by atoms with Crippen molar-refractivity contribution in [3.63, 3.8) is 0 Å². The molecule has 0 heterocycles. The number of carbonyl (C=O) groups excluding carboxylic acids is 2. The van der Waals surface area contributed by atoms with Crippen molar-refractivity contribution in [2.24, 2.45) is 5.73 Å². The molecule has 0 aliphatic rings. The van der Waals surface area contributed by atoms with Gasteiger partial charge in [-0.05, 0) is 44.9 Å². The minimum Gasteiger partial charge on any atom is -0.495 e. The maximum Gasteiger partial charge on any atom is 0.259 e. The van der Waals surface area contributed by atoms with Crippen molar-refractivity contribution in [1.29, 1.82) is 0 Å². The van der Waals surface area contributed by atoms with E-state index < -0.39 is 11.8 Å². The van der Waals surface area contributed by atoms with Crippen LogP contribution in [0.2, 0.25) is 0 Å². The number of fused-ring (bicyclic) bond motifs is 1. The maximum absolute atomic E-state index is 12.8. The fraction of sp³-hybridized carbons (Fsp3) is 0.0526. The first-order chi connectivity index (χ1) is 12.0. The van der Waals surface area contributed by atoms with E-state index in [9.17, 15) is 9.59 Å². The van der Waals surface area contributed by atoms with E-state index >= 15 is 0 Å². The Morgan fingerprint density at radius 2 is 1.72 bits per heavy atom. The first kappa shape index (κ1) is 17.0. The molecule has 0 radical (unpaired) electrons. The molecule has 126 valence electrons. The third-order valence-corrected chi connectivity index (χ3v) is 4.62. The van der Waals surface area contributed by atoms with Crippen LogP contribution in [0.3, 0.4) is 0 Å². The Balaban J connectivity index is 2.07. The van der Waals surface area contributed by atoms with Crippen LogP contribution in [0.4, 0.5) is 5.69 Å². The second-order valence-corrected chi connectivity index (χ2v) is 6.15. The van der Waals surface area contributed by atoms with Crippen LogP contribution in [0.15, 0.2) is 59.1 Å². The summed E-state index contributed by atoms with van der Waals surface area (Å²) in [4.78, 5) is 24.3. The number of hydrogen-bond acceptors (Lipinski definition) is 3. The number of methoxy groups -OCH3 is 1. The average molecular weight is 399 g/mol. The van der Waals surface area contributed by atoms with Crippen LogP contribution in [0.5, 0.6) is 5.75 Å². The van der Waals surface area contributed by atoms with Gasteiger partial charge in [0, 0.05) is 0 Å². The lowest BCUT2D eigenvalue weighted by molar-refractivity contribution is 0.100. The lowest BCUT2D eigenvalue weighted by Crippen LogP contribution is -2.18. The average Bonchev–Trinajstić information content (AvgIpc) is 2.62. The number of rotatable bonds is 4. The molecule has 0 unspecified atom stereocenters. The van der Waals surface area contributed by atoms with Gasteiger partial charge >= 0.3 is 0 Å². The van der Waals surface area contributed by atoms with Crippen molar-refractivity contribution in [1.82, 2.24) is 0 Å². The van der Waals surface area contributed by atoms with E-state index in [0.717, 1.165) is 10.8 Å². The Morgan fingerprint density at radius 3 is 2.44 bits per heavy atom. The molecule has 0 aromatic heterocycles. The Bertz CT molecular complexity index is 986. The normalized spacial score (nSPS) is 10.5. The number of anilines is 1. The van der Waals surface area contributed by atoms with Crippen molar-refractivity contribution in [2.45, 2.75) is 0 Å². The van der Waals surface area contributed by atoms with E-state index in [4.69, 9.17) is 10.5 Å². The Morgan fingerprint density at radius 1 is 1.04 bits per heavy atom. The number of halogens is 1. The van der Waals surface area contributed by atoms with E-state index in [2.05, 4.69) is 21.2 Å². The number of primary amides is 1. The summed E-state index contributed by atoms with van der Waals surface area (Å²) < 4.78 is 6.12. The van der Waals surface area contributed by atoms with Crippen LogP contribution >= 0.6 is 15.9 Å². The highest BCUT2D eigenvalue weighted by atomic mass is 79.9. The van der Waals surface area contributed by atoms with Gasteiger partial charge in [-0.25, -0.2) is 0 Å². The fourth-order valence-corrected chi connectivity index (χ4v) is 3.39. The number of nitrogens with two attached hydrogens (primary N) is 1. The fourth-order valence-electron chi connectivity index (χ4n) is 2.65. The topological polar surface area (TPSA) is 81.4 Å². The van der Waals surface area contributed by atoms with Crippen molar-refractivity contribution in [3.8, 4) is 5.75 Å². The molecule has 3 rings (SSSR count). The summed E-state index contributed by atoms with van der Waals surface area (Å²) in [5, 5.41) is 4.56. The van der Waals surface area contributed by atoms with Crippen molar-refractivity contribution < 1.29 is 14.3 Å². The molecule has 3 aromatic carbocycles. The molecule has 0 fully saturated rings. The summed E-state index contributed by atoms with van der Waals surface area (Å²) >= 11 is 3.51. The summed E-state index contributed by atoms with van der Waals surface area (Å²) in [7, 11) is 1.50. The molecule has 0 bridgehead atoms. The van der Waals surface area contributed by atoms with Crippen molar-refractivity contribution in [3.05, 3.63) is 70.2 Å². The number of hydrogen-bond donors (Lipinski definition) is 2. The minimum absolute atomic E-state index is 0.245. The Kier molecular flexibility index (Phi) is 4.72. The molecule has 0 saturated carbocycles. The molecule has 0 atom stereocenters. The number of para-hydroxylation sites is 1. The number of nitrogens with one attached hydrogen (secondary N) is 1. The molecule has 2 amide bonds. The molecule has 0 saturated heterocycles. The Labute approximate surface area is 152 Å². The van der Waals surface area contributed by atoms with Gasteiger partial charge in [-0.1, -0.05) is 36.4 Å². The van der Waals surface area contributed by atoms with Crippen LogP contribution in [-0.4, -0.2) is 18.9 Å². The molecule has 3 N–H and O–H groups in total. The lowest BCUT2D eigenvalue weighted by Gasteiger charge is -2.14. The van der Waals surface area contributed by atoms with Crippen LogP contribution in [0.1, 0.15) is 20.7 Å². The van der Waals surface area contributed by atoms with Gasteiger partial charge in [0.25, 0.3) is 11.8 Å². The van der Waals surface area contributed by atoms with Gasteiger partial charge in [-0.15, -0.1) is 0 Å². The van der Waals surface area contributed by atoms with Gasteiger partial charge in [0.1, 0.15) is 5.75 Å². The first-order valence-electron chi connectivity index (χ1n) is 7.48. The number of amides is 2. The summed E-state index contributed by atoms with van der Waals surface area (Å²) in [6, 6.07) is 16.0. The zero-order chi connectivity index (χ0) is 18.0. The third-order valence-electron chi connectivity index (χ3n) is 3.83. The summed E-state index contributed by atoms with van der Waals surface area (Å²) in [6.45, 7) is 0. The molecule has 25 heavy (non-hydrogen) atoms. The maximum atomic E-state index is 12.8. The number of benzene rings is 3. The summed E-state index contributed by atoms with van der Waals surface area (Å²) in [5.41, 5.74) is 6.31. The highest BCUT2D eigenvalue weighted by Crippen LogP contribution is 2.37. The van der Waals surface area contributed by atoms with Crippen molar-refractivity contribution in [2.75, 3.05) is 12.4 Å². The zero-order valence-electron chi connectivity index (χ0n) is 13.4. The van der Waals surface area contributed by atoms with Crippen LogP contribution in [0.25, 0.3) is 10.8 Å². The van der Waals surface area contributed by atoms with Crippen LogP contribution in [-0.2, 0) is 0 Å². The van der Waals surface area contributed by atoms with E-state index in [1.165, 1.54) is 7.11 Å². The van der Waals surface area contributed by atoms with Gasteiger partial charge in [0.05, 0.1) is 28.4 Å². The van der Waals surface area contributed by atoms with E-state index in [0.29, 0.717) is 21.5 Å². The smallest absolute Gasteiger partial charge is 0.259 e. The molecule has 0 aliphatic carbocycles. The quantitative estimate of drug-likeness (QED) is 0.697. The monoisotopic (exact) mass is 398 g/mol. The van der Waals surface area contributed by atoms with Gasteiger partial charge in [0.15, 0.2) is 0 Å². The van der Waals surface area contributed by atoms with Gasteiger partial charge in [0.2, 0.25) is 0 Å². The first-order valence-corrected chi connectivity index (χ1v) is 8.27. The second-order valence-electron chi connectivity index (χ2n) is 5.36. The van der Waals surface area contributed by atoms with Crippen LogP contribution < -0.4 is 15.8 Å². The number of carbonyl (C=O) groups is 2. The van der Waals surface area contributed by atoms with Gasteiger partial charge in [-0.3, -0.25) is 9.59 Å². The predicted octanol–water partition coefficient (Wildman–Crippen LogP) is 3.96. The third kappa shape index (κ3) is 3.21. The molecule has 6 heteroatoms. The van der Waals surface area contributed by atoms with E-state index in [1.807, 2.05) is 24.3 Å². The molecule has 0 spiro atoms. The van der Waals surface area contributed by atoms with Crippen molar-refractivity contribution >= 4 is 44.2 Å². The summed E-state index contributed by atoms with van der Waals surface area (Å²) in [6.07, 6.45) is 0. The largest absolute Gasteiger partial charge is 0.495 e. The molecular formula is C19H15BrN2O3. The standard InChI is InChI=1S/C19H15BrN2O3/c1-25-17-14(10-11-6-2-3-7-12(11)16(17)20)19(24)22-15-9-5-4-8-13(15)18(21)23/h2-10H,1H3,(H2,21,23)(H,22,24). The second kappa shape index (κ2) is 6.94. The zero-order valence-corrected chi connectivity index (χ0v) is 15.0. The molecular weight excluding hydrogens is 384 g/mol. The lowest BCUT2D eigenvalue weighted by atomic mass is 10.0. The van der Waals surface area contributed by atoms with E-state index in [-0.39, 0.29) is 5.56 Å². The van der Waals surface area contributed by atoms with Gasteiger partial charge < -0.3 is 15.8 Å². The minimum atomic E-state index is -0.609. The number of ether oxygens (including phenoxy) is 1. The van der Waals surface area contributed by atoms with E-state index in [1.54, 1.807) is 30.3 Å².